The van der Waals surface area contributed by atoms with Crippen molar-refractivity contribution >= 4 is 5.91 Å². The van der Waals surface area contributed by atoms with Gasteiger partial charge in [-0.2, -0.15) is 0 Å². The van der Waals surface area contributed by atoms with Gasteiger partial charge >= 0.3 is 0 Å². The number of nitrogens with zero attached hydrogens (tertiary/aromatic N) is 4. The van der Waals surface area contributed by atoms with Crippen molar-refractivity contribution in [3.05, 3.63) is 29.5 Å². The number of aryl methyl sites for hydroxylation is 2. The summed E-state index contributed by atoms with van der Waals surface area (Å²) in [7, 11) is 0. The van der Waals surface area contributed by atoms with E-state index in [9.17, 15) is 4.79 Å². The molecule has 6 heteroatoms. The number of hydrogen-bond donors (Lipinski definition) is 0. The number of hydrogen-bond acceptors (Lipinski definition) is 5. The zero-order valence-corrected chi connectivity index (χ0v) is 14.7. The smallest absolute Gasteiger partial charge is 0.225 e. The van der Waals surface area contributed by atoms with Crippen molar-refractivity contribution in [2.24, 2.45) is 5.92 Å². The van der Waals surface area contributed by atoms with Gasteiger partial charge in [0.15, 0.2) is 5.76 Å². The summed E-state index contributed by atoms with van der Waals surface area (Å²) < 4.78 is 5.42. The highest BCUT2D eigenvalue weighted by atomic mass is 16.5. The van der Waals surface area contributed by atoms with Crippen LogP contribution in [-0.2, 0) is 4.79 Å². The second kappa shape index (κ2) is 6.71. The zero-order valence-electron chi connectivity index (χ0n) is 14.7. The summed E-state index contributed by atoms with van der Waals surface area (Å²) in [5.74, 6) is 1.85. The summed E-state index contributed by atoms with van der Waals surface area (Å²) in [5, 5.41) is 3.97. The number of carbonyl (C=O) groups excluding carboxylic acids is 1. The van der Waals surface area contributed by atoms with Gasteiger partial charge in [0.25, 0.3) is 0 Å². The third kappa shape index (κ3) is 3.32. The highest BCUT2D eigenvalue weighted by Crippen LogP contribution is 2.33. The molecule has 3 heterocycles. The molecule has 2 aromatic heterocycles. The highest BCUT2D eigenvalue weighted by Gasteiger charge is 2.29. The molecular weight excluding hydrogens is 304 g/mol. The van der Waals surface area contributed by atoms with Crippen LogP contribution in [0.15, 0.2) is 16.8 Å². The summed E-state index contributed by atoms with van der Waals surface area (Å²) in [5.41, 5.74) is 2.67. The highest BCUT2D eigenvalue weighted by molar-refractivity contribution is 5.78. The molecule has 0 saturated carbocycles. The number of carbonyl (C=O) groups is 1. The summed E-state index contributed by atoms with van der Waals surface area (Å²) in [6.07, 6.45) is 3.81. The summed E-state index contributed by atoms with van der Waals surface area (Å²) >= 11 is 0. The van der Waals surface area contributed by atoms with Gasteiger partial charge in [-0.25, -0.2) is 9.97 Å². The molecule has 0 radical (unpaired) electrons. The minimum atomic E-state index is 0.0206. The second-order valence-corrected chi connectivity index (χ2v) is 6.83. The van der Waals surface area contributed by atoms with Crippen LogP contribution < -0.4 is 0 Å². The van der Waals surface area contributed by atoms with Crippen molar-refractivity contribution in [2.45, 2.75) is 46.5 Å². The molecule has 6 nitrogen and oxygen atoms in total. The van der Waals surface area contributed by atoms with Gasteiger partial charge in [0.2, 0.25) is 5.91 Å². The third-order valence-electron chi connectivity index (χ3n) is 4.45. The predicted molar refractivity (Wildman–Crippen MR) is 90.4 cm³/mol. The van der Waals surface area contributed by atoms with E-state index in [1.807, 2.05) is 38.7 Å². The molecule has 1 unspecified atom stereocenters. The molecule has 2 aromatic rings. The maximum atomic E-state index is 12.4. The number of aromatic nitrogens is 3. The van der Waals surface area contributed by atoms with E-state index in [-0.39, 0.29) is 17.7 Å². The number of piperidine rings is 1. The van der Waals surface area contributed by atoms with E-state index in [4.69, 9.17) is 4.52 Å². The topological polar surface area (TPSA) is 72.1 Å². The first-order valence-corrected chi connectivity index (χ1v) is 8.51. The zero-order chi connectivity index (χ0) is 17.3. The SMILES string of the molecule is Cc1cc(-c2cnc(C)nc2C2CCCN(C(=O)C(C)C)C2)on1. The molecule has 0 aromatic carbocycles. The first-order valence-electron chi connectivity index (χ1n) is 8.51. The molecule has 0 spiro atoms. The van der Waals surface area contributed by atoms with Crippen molar-refractivity contribution in [3.8, 4) is 11.3 Å². The van der Waals surface area contributed by atoms with Crippen LogP contribution in [-0.4, -0.2) is 39.0 Å². The van der Waals surface area contributed by atoms with Crippen molar-refractivity contribution in [3.63, 3.8) is 0 Å². The Morgan fingerprint density at radius 2 is 2.17 bits per heavy atom. The Labute approximate surface area is 142 Å². The number of likely N-dealkylation sites (tertiary alicyclic amines) is 1. The van der Waals surface area contributed by atoms with Gasteiger partial charge in [0, 0.05) is 37.2 Å². The Bertz CT molecular complexity index is 738. The van der Waals surface area contributed by atoms with Gasteiger partial charge < -0.3 is 9.42 Å². The fraction of sp³-hybridized carbons (Fsp3) is 0.556. The lowest BCUT2D eigenvalue weighted by molar-refractivity contribution is -0.135. The van der Waals surface area contributed by atoms with Gasteiger partial charge in [-0.05, 0) is 26.7 Å². The van der Waals surface area contributed by atoms with Gasteiger partial charge in [-0.15, -0.1) is 0 Å². The lowest BCUT2D eigenvalue weighted by Crippen LogP contribution is -2.41. The number of rotatable bonds is 3. The molecular formula is C18H24N4O2. The average Bonchev–Trinajstić information content (AvgIpc) is 3.00. The Balaban J connectivity index is 1.93. The lowest BCUT2D eigenvalue weighted by Gasteiger charge is -2.34. The van der Waals surface area contributed by atoms with Crippen LogP contribution in [0, 0.1) is 19.8 Å². The van der Waals surface area contributed by atoms with E-state index < -0.39 is 0 Å². The fourth-order valence-electron chi connectivity index (χ4n) is 3.24. The minimum absolute atomic E-state index is 0.0206. The molecule has 1 amide bonds. The molecule has 1 atom stereocenters. The normalized spacial score (nSPS) is 18.2. The van der Waals surface area contributed by atoms with Crippen LogP contribution in [0.2, 0.25) is 0 Å². The molecule has 3 rings (SSSR count). The molecule has 24 heavy (non-hydrogen) atoms. The summed E-state index contributed by atoms with van der Waals surface area (Å²) in [6, 6.07) is 1.90. The summed E-state index contributed by atoms with van der Waals surface area (Å²) in [4.78, 5) is 23.3. The van der Waals surface area contributed by atoms with E-state index in [1.165, 1.54) is 0 Å². The molecule has 1 aliphatic rings. The molecule has 1 fully saturated rings. The first kappa shape index (κ1) is 16.6. The Morgan fingerprint density at radius 3 is 2.83 bits per heavy atom. The predicted octanol–water partition coefficient (Wildman–Crippen LogP) is 3.11. The summed E-state index contributed by atoms with van der Waals surface area (Å²) in [6.45, 7) is 9.21. The monoisotopic (exact) mass is 328 g/mol. The molecule has 128 valence electrons. The van der Waals surface area contributed by atoms with Crippen LogP contribution >= 0.6 is 0 Å². The van der Waals surface area contributed by atoms with Crippen molar-refractivity contribution in [1.82, 2.24) is 20.0 Å². The van der Waals surface area contributed by atoms with E-state index in [2.05, 4.69) is 15.1 Å². The van der Waals surface area contributed by atoms with Crippen LogP contribution in [0.5, 0.6) is 0 Å². The van der Waals surface area contributed by atoms with E-state index >= 15 is 0 Å². The maximum Gasteiger partial charge on any atom is 0.225 e. The van der Waals surface area contributed by atoms with Crippen molar-refractivity contribution in [1.29, 1.82) is 0 Å². The first-order chi connectivity index (χ1) is 11.5. The van der Waals surface area contributed by atoms with Crippen LogP contribution in [0.1, 0.15) is 49.8 Å². The maximum absolute atomic E-state index is 12.4. The molecule has 0 bridgehead atoms. The van der Waals surface area contributed by atoms with E-state index in [0.29, 0.717) is 12.3 Å². The molecule has 1 saturated heterocycles. The average molecular weight is 328 g/mol. The third-order valence-corrected chi connectivity index (χ3v) is 4.45. The second-order valence-electron chi connectivity index (χ2n) is 6.83. The quantitative estimate of drug-likeness (QED) is 0.865. The molecule has 0 N–H and O–H groups in total. The van der Waals surface area contributed by atoms with Crippen LogP contribution in [0.4, 0.5) is 0 Å². The standard InChI is InChI=1S/C18H24N4O2/c1-11(2)18(23)22-7-5-6-14(10-22)17-15(9-19-13(4)20-17)16-8-12(3)21-24-16/h8-9,11,14H,5-7,10H2,1-4H3. The minimum Gasteiger partial charge on any atom is -0.356 e. The van der Waals surface area contributed by atoms with Crippen LogP contribution in [0.3, 0.4) is 0 Å². The molecule has 0 aliphatic carbocycles. The van der Waals surface area contributed by atoms with Crippen molar-refractivity contribution in [2.75, 3.05) is 13.1 Å². The van der Waals surface area contributed by atoms with Gasteiger partial charge in [0.05, 0.1) is 17.0 Å². The van der Waals surface area contributed by atoms with Crippen molar-refractivity contribution < 1.29 is 9.32 Å². The number of amides is 1. The van der Waals surface area contributed by atoms with E-state index in [0.717, 1.165) is 42.2 Å². The van der Waals surface area contributed by atoms with Crippen LogP contribution in [0.25, 0.3) is 11.3 Å². The van der Waals surface area contributed by atoms with Gasteiger partial charge in [0.1, 0.15) is 5.82 Å². The lowest BCUT2D eigenvalue weighted by atomic mass is 9.90. The Kier molecular flexibility index (Phi) is 4.64. The van der Waals surface area contributed by atoms with E-state index in [1.54, 1.807) is 6.20 Å². The van der Waals surface area contributed by atoms with Gasteiger partial charge in [-0.1, -0.05) is 19.0 Å². The Morgan fingerprint density at radius 1 is 1.38 bits per heavy atom. The Hall–Kier alpha value is -2.24. The van der Waals surface area contributed by atoms with Gasteiger partial charge in [-0.3, -0.25) is 4.79 Å². The molecule has 1 aliphatic heterocycles. The largest absolute Gasteiger partial charge is 0.356 e. The fourth-order valence-corrected chi connectivity index (χ4v) is 3.24.